The van der Waals surface area contributed by atoms with Crippen LogP contribution in [0, 0.1) is 0 Å². The van der Waals surface area contributed by atoms with Gasteiger partial charge in [-0.05, 0) is 36.1 Å². The normalized spacial score (nSPS) is 12.2. The fraction of sp³-hybridized carbons (Fsp3) is 0.417. The van der Waals surface area contributed by atoms with Crippen molar-refractivity contribution in [3.05, 3.63) is 29.8 Å². The van der Waals surface area contributed by atoms with Crippen molar-refractivity contribution in [2.45, 2.75) is 19.1 Å². The average molecular weight is 254 g/mol. The molecule has 0 saturated heterocycles. The Morgan fingerprint density at radius 1 is 1.47 bits per heavy atom. The third-order valence-electron chi connectivity index (χ3n) is 2.37. The van der Waals surface area contributed by atoms with Gasteiger partial charge in [-0.15, -0.1) is 0 Å². The van der Waals surface area contributed by atoms with Gasteiger partial charge in [0.05, 0.1) is 12.6 Å². The van der Waals surface area contributed by atoms with Gasteiger partial charge in [0.2, 0.25) is 5.91 Å². The molecule has 0 unspecified atom stereocenters. The van der Waals surface area contributed by atoms with E-state index in [1.54, 1.807) is 36.0 Å². The first-order valence-electron chi connectivity index (χ1n) is 5.42. The molecule has 0 saturated carbocycles. The van der Waals surface area contributed by atoms with Crippen molar-refractivity contribution in [1.82, 2.24) is 0 Å². The van der Waals surface area contributed by atoms with Crippen LogP contribution >= 0.6 is 11.8 Å². The number of benzene rings is 1. The molecule has 0 aromatic heterocycles. The summed E-state index contributed by atoms with van der Waals surface area (Å²) in [5.74, 6) is 0.702. The van der Waals surface area contributed by atoms with Gasteiger partial charge in [-0.2, -0.15) is 11.8 Å². The van der Waals surface area contributed by atoms with Crippen molar-refractivity contribution in [3.63, 3.8) is 0 Å². The van der Waals surface area contributed by atoms with E-state index in [1.807, 2.05) is 6.26 Å². The number of hydrogen-bond acceptors (Lipinski definition) is 4. The highest BCUT2D eigenvalue weighted by molar-refractivity contribution is 7.98. The molecule has 1 atom stereocenters. The molecule has 17 heavy (non-hydrogen) atoms. The molecule has 0 aliphatic carbocycles. The Morgan fingerprint density at radius 3 is 2.65 bits per heavy atom. The van der Waals surface area contributed by atoms with E-state index < -0.39 is 6.04 Å². The van der Waals surface area contributed by atoms with E-state index in [0.29, 0.717) is 12.1 Å². The molecule has 0 heterocycles. The van der Waals surface area contributed by atoms with Gasteiger partial charge in [0.25, 0.3) is 0 Å². The number of hydrogen-bond donors (Lipinski definition) is 3. The van der Waals surface area contributed by atoms with E-state index in [0.717, 1.165) is 11.3 Å². The molecule has 0 radical (unpaired) electrons. The van der Waals surface area contributed by atoms with Crippen LogP contribution in [-0.2, 0) is 11.4 Å². The fourth-order valence-corrected chi connectivity index (χ4v) is 1.79. The summed E-state index contributed by atoms with van der Waals surface area (Å²) in [5.41, 5.74) is 7.26. The monoisotopic (exact) mass is 254 g/mol. The van der Waals surface area contributed by atoms with Gasteiger partial charge < -0.3 is 16.2 Å². The Hall–Kier alpha value is -1.04. The summed E-state index contributed by atoms with van der Waals surface area (Å²) in [5, 5.41) is 11.6. The predicted molar refractivity (Wildman–Crippen MR) is 72.0 cm³/mol. The number of aliphatic hydroxyl groups excluding tert-OH is 1. The minimum absolute atomic E-state index is 0.00145. The van der Waals surface area contributed by atoms with Crippen LogP contribution in [0.3, 0.4) is 0 Å². The quantitative estimate of drug-likeness (QED) is 0.713. The molecular weight excluding hydrogens is 236 g/mol. The average Bonchev–Trinajstić information content (AvgIpc) is 2.36. The summed E-state index contributed by atoms with van der Waals surface area (Å²) in [7, 11) is 0. The molecule has 5 heteroatoms. The number of aliphatic hydroxyl groups is 1. The molecule has 1 aromatic rings. The second kappa shape index (κ2) is 7.32. The molecule has 1 rings (SSSR count). The Morgan fingerprint density at radius 2 is 2.12 bits per heavy atom. The number of thioether (sulfide) groups is 1. The van der Waals surface area contributed by atoms with Gasteiger partial charge in [-0.1, -0.05) is 12.1 Å². The summed E-state index contributed by atoms with van der Waals surface area (Å²) in [6, 6.07) is 6.57. The summed E-state index contributed by atoms with van der Waals surface area (Å²) in [6.07, 6.45) is 2.65. The number of anilines is 1. The first-order valence-corrected chi connectivity index (χ1v) is 6.82. The van der Waals surface area contributed by atoms with E-state index in [4.69, 9.17) is 10.8 Å². The molecule has 0 spiro atoms. The first-order chi connectivity index (χ1) is 8.17. The molecule has 4 N–H and O–H groups in total. The highest BCUT2D eigenvalue weighted by Gasteiger charge is 2.12. The maximum Gasteiger partial charge on any atom is 0.241 e. The third kappa shape index (κ3) is 4.77. The zero-order valence-corrected chi connectivity index (χ0v) is 10.7. The highest BCUT2D eigenvalue weighted by Crippen LogP contribution is 2.10. The number of carbonyl (C=O) groups is 1. The molecule has 0 aliphatic heterocycles. The maximum absolute atomic E-state index is 11.7. The minimum atomic E-state index is -0.472. The summed E-state index contributed by atoms with van der Waals surface area (Å²) >= 11 is 1.67. The molecule has 0 bridgehead atoms. The van der Waals surface area contributed by atoms with Crippen molar-refractivity contribution in [2.75, 3.05) is 17.3 Å². The number of nitrogens with two attached hydrogens (primary N) is 1. The minimum Gasteiger partial charge on any atom is -0.392 e. The Labute approximate surface area is 106 Å². The van der Waals surface area contributed by atoms with Crippen molar-refractivity contribution < 1.29 is 9.90 Å². The standard InChI is InChI=1S/C12H18N2O2S/c1-17-7-6-11(13)12(16)14-10-4-2-9(8-15)3-5-10/h2-5,11,15H,6-8,13H2,1H3,(H,14,16)/t11-/m0/s1. The molecule has 0 fully saturated rings. The second-order valence-corrected chi connectivity index (χ2v) is 4.72. The molecule has 4 nitrogen and oxygen atoms in total. The largest absolute Gasteiger partial charge is 0.392 e. The van der Waals surface area contributed by atoms with Crippen LogP contribution in [0.1, 0.15) is 12.0 Å². The zero-order valence-electron chi connectivity index (χ0n) is 9.85. The molecule has 94 valence electrons. The van der Waals surface area contributed by atoms with E-state index >= 15 is 0 Å². The van der Waals surface area contributed by atoms with E-state index in [9.17, 15) is 4.79 Å². The fourth-order valence-electron chi connectivity index (χ4n) is 1.30. The summed E-state index contributed by atoms with van der Waals surface area (Å²) < 4.78 is 0. The van der Waals surface area contributed by atoms with Crippen LogP contribution in [0.5, 0.6) is 0 Å². The number of nitrogens with one attached hydrogen (secondary N) is 1. The van der Waals surface area contributed by atoms with Crippen molar-refractivity contribution in [2.24, 2.45) is 5.73 Å². The molecular formula is C12H18N2O2S. The summed E-state index contributed by atoms with van der Waals surface area (Å²) in [4.78, 5) is 11.7. The Bertz CT molecular complexity index is 354. The van der Waals surface area contributed by atoms with Crippen molar-refractivity contribution in [1.29, 1.82) is 0 Å². The lowest BCUT2D eigenvalue weighted by Gasteiger charge is -2.11. The lowest BCUT2D eigenvalue weighted by atomic mass is 10.2. The Kier molecular flexibility index (Phi) is 6.04. The number of rotatable bonds is 6. The number of amides is 1. The Balaban J connectivity index is 2.49. The van der Waals surface area contributed by atoms with Crippen LogP contribution in [0.15, 0.2) is 24.3 Å². The zero-order chi connectivity index (χ0) is 12.7. The molecule has 0 aliphatic rings. The molecule has 1 aromatic carbocycles. The van der Waals surface area contributed by atoms with Crippen LogP contribution in [0.4, 0.5) is 5.69 Å². The van der Waals surface area contributed by atoms with Gasteiger partial charge in [-0.25, -0.2) is 0 Å². The van der Waals surface area contributed by atoms with E-state index in [1.165, 1.54) is 0 Å². The number of carbonyl (C=O) groups excluding carboxylic acids is 1. The van der Waals surface area contributed by atoms with Crippen molar-refractivity contribution >= 4 is 23.4 Å². The maximum atomic E-state index is 11.7. The van der Waals surface area contributed by atoms with Crippen LogP contribution < -0.4 is 11.1 Å². The van der Waals surface area contributed by atoms with Gasteiger partial charge in [0, 0.05) is 5.69 Å². The van der Waals surface area contributed by atoms with Gasteiger partial charge in [0.1, 0.15) is 0 Å². The van der Waals surface area contributed by atoms with Crippen LogP contribution in [0.25, 0.3) is 0 Å². The highest BCUT2D eigenvalue weighted by atomic mass is 32.2. The lowest BCUT2D eigenvalue weighted by molar-refractivity contribution is -0.117. The second-order valence-electron chi connectivity index (χ2n) is 3.73. The van der Waals surface area contributed by atoms with E-state index in [-0.39, 0.29) is 12.5 Å². The van der Waals surface area contributed by atoms with E-state index in [2.05, 4.69) is 5.32 Å². The third-order valence-corrected chi connectivity index (χ3v) is 3.02. The smallest absolute Gasteiger partial charge is 0.241 e. The summed E-state index contributed by atoms with van der Waals surface area (Å²) in [6.45, 7) is 0.00145. The van der Waals surface area contributed by atoms with Crippen molar-refractivity contribution in [3.8, 4) is 0 Å². The SMILES string of the molecule is CSCC[C@H](N)C(=O)Nc1ccc(CO)cc1. The van der Waals surface area contributed by atoms with Gasteiger partial charge in [0.15, 0.2) is 0 Å². The lowest BCUT2D eigenvalue weighted by Crippen LogP contribution is -2.36. The first kappa shape index (κ1) is 14.0. The predicted octanol–water partition coefficient (Wildman–Crippen LogP) is 1.20. The van der Waals surface area contributed by atoms with Crippen LogP contribution in [-0.4, -0.2) is 29.1 Å². The van der Waals surface area contributed by atoms with Gasteiger partial charge >= 0.3 is 0 Å². The topological polar surface area (TPSA) is 75.4 Å². The van der Waals surface area contributed by atoms with Gasteiger partial charge in [-0.3, -0.25) is 4.79 Å². The molecule has 1 amide bonds. The van der Waals surface area contributed by atoms with Crippen LogP contribution in [0.2, 0.25) is 0 Å².